The molecule has 0 spiro atoms. The van der Waals surface area contributed by atoms with Crippen molar-refractivity contribution in [3.05, 3.63) is 36.7 Å². The summed E-state index contributed by atoms with van der Waals surface area (Å²) in [4.78, 5) is 10.7. The third kappa shape index (κ3) is 2.94. The zero-order valence-corrected chi connectivity index (χ0v) is 12.4. The molecule has 0 saturated heterocycles. The van der Waals surface area contributed by atoms with Gasteiger partial charge in [0, 0.05) is 19.0 Å². The minimum atomic E-state index is -1.25. The number of carbonyl (C=O) groups is 1. The lowest BCUT2D eigenvalue weighted by Gasteiger charge is -2.04. The summed E-state index contributed by atoms with van der Waals surface area (Å²) in [5, 5.41) is 17.4. The van der Waals surface area contributed by atoms with Gasteiger partial charge in [0.1, 0.15) is 11.6 Å². The van der Waals surface area contributed by atoms with Crippen LogP contribution in [0.4, 0.5) is 0 Å². The molecule has 0 aromatic heterocycles. The van der Waals surface area contributed by atoms with Gasteiger partial charge >= 0.3 is 5.97 Å². The third-order valence-electron chi connectivity index (χ3n) is 1.72. The SMILES string of the molecule is N#CC(=Cc1c(Br)ccc(Br)c1Br)C(=O)O. The van der Waals surface area contributed by atoms with Crippen LogP contribution >= 0.6 is 47.8 Å². The number of rotatable bonds is 2. The molecule has 0 fully saturated rings. The quantitative estimate of drug-likeness (QED) is 0.457. The third-order valence-corrected chi connectivity index (χ3v) is 4.46. The molecule has 1 aromatic rings. The van der Waals surface area contributed by atoms with Gasteiger partial charge in [-0.3, -0.25) is 0 Å². The van der Waals surface area contributed by atoms with Crippen LogP contribution in [0.1, 0.15) is 5.56 Å². The average molecular weight is 410 g/mol. The van der Waals surface area contributed by atoms with Crippen molar-refractivity contribution >= 4 is 59.8 Å². The molecule has 0 unspecified atom stereocenters. The van der Waals surface area contributed by atoms with Crippen molar-refractivity contribution in [3.8, 4) is 6.07 Å². The van der Waals surface area contributed by atoms with Crippen LogP contribution in [0.3, 0.4) is 0 Å². The minimum absolute atomic E-state index is 0.320. The number of hydrogen-bond donors (Lipinski definition) is 1. The van der Waals surface area contributed by atoms with Crippen molar-refractivity contribution in [3.63, 3.8) is 0 Å². The molecule has 16 heavy (non-hydrogen) atoms. The van der Waals surface area contributed by atoms with Crippen LogP contribution in [-0.4, -0.2) is 11.1 Å². The maximum Gasteiger partial charge on any atom is 0.346 e. The lowest BCUT2D eigenvalue weighted by molar-refractivity contribution is -0.132. The second kappa shape index (κ2) is 5.62. The summed E-state index contributed by atoms with van der Waals surface area (Å²) in [5.74, 6) is -1.25. The smallest absolute Gasteiger partial charge is 0.346 e. The molecule has 0 radical (unpaired) electrons. The van der Waals surface area contributed by atoms with Gasteiger partial charge < -0.3 is 5.11 Å². The van der Waals surface area contributed by atoms with Crippen LogP contribution in [0.15, 0.2) is 31.1 Å². The minimum Gasteiger partial charge on any atom is -0.477 e. The van der Waals surface area contributed by atoms with E-state index < -0.39 is 5.97 Å². The van der Waals surface area contributed by atoms with Crippen molar-refractivity contribution in [2.45, 2.75) is 0 Å². The van der Waals surface area contributed by atoms with Crippen LogP contribution in [0.25, 0.3) is 6.08 Å². The Balaban J connectivity index is 3.41. The molecule has 0 aliphatic heterocycles. The van der Waals surface area contributed by atoms with E-state index >= 15 is 0 Å². The van der Waals surface area contributed by atoms with Crippen LogP contribution in [0.5, 0.6) is 0 Å². The summed E-state index contributed by atoms with van der Waals surface area (Å²) in [6.07, 6.45) is 1.31. The fourth-order valence-corrected chi connectivity index (χ4v) is 2.48. The number of nitrogens with zero attached hydrogens (tertiary/aromatic N) is 1. The summed E-state index contributed by atoms with van der Waals surface area (Å²) in [5.41, 5.74) is 0.285. The van der Waals surface area contributed by atoms with Crippen molar-refractivity contribution in [1.29, 1.82) is 5.26 Å². The van der Waals surface area contributed by atoms with Crippen LogP contribution in [0.2, 0.25) is 0 Å². The Morgan fingerprint density at radius 1 is 1.31 bits per heavy atom. The molecule has 3 nitrogen and oxygen atoms in total. The first kappa shape index (κ1) is 13.4. The molecule has 1 aromatic carbocycles. The predicted octanol–water partition coefficient (Wildman–Crippen LogP) is 3.97. The normalized spacial score (nSPS) is 11.0. The lowest BCUT2D eigenvalue weighted by atomic mass is 10.1. The van der Waals surface area contributed by atoms with E-state index in [2.05, 4.69) is 47.8 Å². The molecule has 0 saturated carbocycles. The second-order valence-corrected chi connectivity index (χ2v) is 5.23. The molecule has 1 rings (SSSR count). The highest BCUT2D eigenvalue weighted by Crippen LogP contribution is 2.33. The van der Waals surface area contributed by atoms with Crippen LogP contribution < -0.4 is 0 Å². The van der Waals surface area contributed by atoms with Crippen LogP contribution in [-0.2, 0) is 4.79 Å². The summed E-state index contributed by atoms with van der Waals surface area (Å²) < 4.78 is 2.18. The first-order valence-corrected chi connectivity index (χ1v) is 6.34. The van der Waals surface area contributed by atoms with E-state index in [4.69, 9.17) is 10.4 Å². The van der Waals surface area contributed by atoms with Gasteiger partial charge in [0.05, 0.1) is 0 Å². The van der Waals surface area contributed by atoms with Crippen molar-refractivity contribution < 1.29 is 9.90 Å². The molecular formula is C10H4Br3NO2. The number of nitriles is 1. The van der Waals surface area contributed by atoms with Gasteiger partial charge in [-0.15, -0.1) is 0 Å². The van der Waals surface area contributed by atoms with E-state index in [-0.39, 0.29) is 5.57 Å². The molecule has 82 valence electrons. The molecule has 0 heterocycles. The summed E-state index contributed by atoms with van der Waals surface area (Å²) in [6.45, 7) is 0. The van der Waals surface area contributed by atoms with Crippen molar-refractivity contribution in [2.24, 2.45) is 0 Å². The van der Waals surface area contributed by atoms with Gasteiger partial charge in [-0.1, -0.05) is 15.9 Å². The fraction of sp³-hybridized carbons (Fsp3) is 0. The highest BCUT2D eigenvalue weighted by atomic mass is 79.9. The van der Waals surface area contributed by atoms with Gasteiger partial charge in [-0.25, -0.2) is 4.79 Å². The van der Waals surface area contributed by atoms with Crippen LogP contribution in [0, 0.1) is 11.3 Å². The highest BCUT2D eigenvalue weighted by Gasteiger charge is 2.11. The van der Waals surface area contributed by atoms with E-state index in [9.17, 15) is 4.79 Å². The Kier molecular flexibility index (Phi) is 4.71. The van der Waals surface area contributed by atoms with E-state index in [1.807, 2.05) is 0 Å². The second-order valence-electron chi connectivity index (χ2n) is 2.73. The topological polar surface area (TPSA) is 61.1 Å². The Hall–Kier alpha value is -0.640. The molecule has 0 aliphatic rings. The van der Waals surface area contributed by atoms with Gasteiger partial charge in [0.15, 0.2) is 0 Å². The van der Waals surface area contributed by atoms with Gasteiger partial charge in [-0.05, 0) is 50.1 Å². The number of benzene rings is 1. The Labute approximate surface area is 117 Å². The molecule has 0 atom stereocenters. The standard InChI is InChI=1S/C10H4Br3NO2/c11-7-1-2-8(12)9(13)6(7)3-5(4-14)10(15)16/h1-3H,(H,15,16). The van der Waals surface area contributed by atoms with Crippen molar-refractivity contribution in [2.75, 3.05) is 0 Å². The van der Waals surface area contributed by atoms with Crippen molar-refractivity contribution in [1.82, 2.24) is 0 Å². The van der Waals surface area contributed by atoms with Gasteiger partial charge in [0.2, 0.25) is 0 Å². The maximum absolute atomic E-state index is 10.7. The number of hydrogen-bond acceptors (Lipinski definition) is 2. The molecule has 0 bridgehead atoms. The number of carboxylic acid groups (broad SMARTS) is 1. The monoisotopic (exact) mass is 407 g/mol. The predicted molar refractivity (Wildman–Crippen MR) is 70.8 cm³/mol. The molecule has 1 N–H and O–H groups in total. The zero-order chi connectivity index (χ0) is 12.3. The Morgan fingerprint density at radius 3 is 2.38 bits per heavy atom. The Morgan fingerprint density at radius 2 is 1.88 bits per heavy atom. The highest BCUT2D eigenvalue weighted by molar-refractivity contribution is 9.13. The number of carboxylic acids is 1. The lowest BCUT2D eigenvalue weighted by Crippen LogP contribution is -1.97. The van der Waals surface area contributed by atoms with E-state index in [0.29, 0.717) is 14.5 Å². The molecule has 6 heteroatoms. The zero-order valence-electron chi connectivity index (χ0n) is 7.67. The summed E-state index contributed by atoms with van der Waals surface area (Å²) in [7, 11) is 0. The number of halogens is 3. The molecule has 0 aliphatic carbocycles. The first-order chi connectivity index (χ1) is 7.47. The van der Waals surface area contributed by atoms with E-state index in [0.717, 1.165) is 4.47 Å². The maximum atomic E-state index is 10.7. The summed E-state index contributed by atoms with van der Waals surface area (Å²) in [6, 6.07) is 5.19. The first-order valence-electron chi connectivity index (χ1n) is 3.96. The molecule has 0 amide bonds. The fourth-order valence-electron chi connectivity index (χ4n) is 0.961. The van der Waals surface area contributed by atoms with E-state index in [1.165, 1.54) is 6.08 Å². The van der Waals surface area contributed by atoms with Gasteiger partial charge in [0.25, 0.3) is 0 Å². The average Bonchev–Trinajstić information content (AvgIpc) is 2.23. The number of aliphatic carboxylic acids is 1. The summed E-state index contributed by atoms with van der Waals surface area (Å²) >= 11 is 9.91. The Bertz CT molecular complexity index is 518. The largest absolute Gasteiger partial charge is 0.477 e. The van der Waals surface area contributed by atoms with E-state index in [1.54, 1.807) is 18.2 Å². The van der Waals surface area contributed by atoms with Gasteiger partial charge in [-0.2, -0.15) is 5.26 Å². The molecular weight excluding hydrogens is 406 g/mol.